The van der Waals surface area contributed by atoms with Crippen LogP contribution in [-0.2, 0) is 9.59 Å². The summed E-state index contributed by atoms with van der Waals surface area (Å²) in [6, 6.07) is 0.190. The topological polar surface area (TPSA) is 75.4 Å². The number of nitrogens with two attached hydrogens (primary N) is 1. The van der Waals surface area contributed by atoms with Crippen molar-refractivity contribution >= 4 is 11.8 Å². The molecule has 112 valence electrons. The molecular weight excluding hydrogens is 254 g/mol. The lowest BCUT2D eigenvalue weighted by Crippen LogP contribution is -2.51. The molecule has 2 amide bonds. The van der Waals surface area contributed by atoms with E-state index in [1.54, 1.807) is 0 Å². The van der Waals surface area contributed by atoms with Gasteiger partial charge in [0, 0.05) is 18.5 Å². The predicted octanol–water partition coefficient (Wildman–Crippen LogP) is 0.488. The number of primary amides is 1. The molecule has 0 spiro atoms. The lowest BCUT2D eigenvalue weighted by molar-refractivity contribution is -0.127. The molecule has 1 saturated heterocycles. The zero-order valence-electron chi connectivity index (χ0n) is 12.0. The van der Waals surface area contributed by atoms with E-state index in [1.807, 2.05) is 0 Å². The van der Waals surface area contributed by atoms with Crippen molar-refractivity contribution in [3.63, 3.8) is 0 Å². The molecule has 3 fully saturated rings. The number of hydrogen-bond acceptors (Lipinski definition) is 3. The number of carbonyl (C=O) groups is 2. The summed E-state index contributed by atoms with van der Waals surface area (Å²) in [4.78, 5) is 25.4. The molecular formula is C15H25N3O2. The lowest BCUT2D eigenvalue weighted by Gasteiger charge is -2.33. The minimum Gasteiger partial charge on any atom is -0.369 e. The zero-order chi connectivity index (χ0) is 14.1. The molecule has 2 bridgehead atoms. The molecule has 3 rings (SSSR count). The summed E-state index contributed by atoms with van der Waals surface area (Å²) in [5, 5.41) is 3.22. The molecule has 5 nitrogen and oxygen atoms in total. The molecule has 3 N–H and O–H groups in total. The van der Waals surface area contributed by atoms with Gasteiger partial charge in [0.05, 0.1) is 6.54 Å². The van der Waals surface area contributed by atoms with Gasteiger partial charge in [-0.15, -0.1) is 0 Å². The molecule has 5 heteroatoms. The number of carbonyl (C=O) groups excluding carboxylic acids is 2. The molecule has 0 aromatic heterocycles. The quantitative estimate of drug-likeness (QED) is 0.786. The average Bonchev–Trinajstić information content (AvgIpc) is 3.00. The van der Waals surface area contributed by atoms with Gasteiger partial charge in [-0.2, -0.15) is 0 Å². The van der Waals surface area contributed by atoms with Gasteiger partial charge in [-0.1, -0.05) is 6.42 Å². The minimum absolute atomic E-state index is 0.190. The van der Waals surface area contributed by atoms with Crippen LogP contribution >= 0.6 is 0 Å². The Morgan fingerprint density at radius 1 is 1.20 bits per heavy atom. The maximum atomic E-state index is 12.4. The fraction of sp³-hybridized carbons (Fsp3) is 0.867. The molecule has 0 unspecified atom stereocenters. The summed E-state index contributed by atoms with van der Waals surface area (Å²) in [7, 11) is 0. The fourth-order valence-electron chi connectivity index (χ4n) is 4.41. The summed E-state index contributed by atoms with van der Waals surface area (Å²) < 4.78 is 0. The van der Waals surface area contributed by atoms with Crippen LogP contribution in [0.15, 0.2) is 0 Å². The van der Waals surface area contributed by atoms with E-state index in [0.29, 0.717) is 12.5 Å². The molecule has 2 aliphatic carbocycles. The highest BCUT2D eigenvalue weighted by atomic mass is 16.2. The second-order valence-electron chi connectivity index (χ2n) is 6.83. The Morgan fingerprint density at radius 3 is 2.70 bits per heavy atom. The largest absolute Gasteiger partial charge is 0.369 e. The van der Waals surface area contributed by atoms with Gasteiger partial charge < -0.3 is 11.1 Å². The van der Waals surface area contributed by atoms with Gasteiger partial charge in [0.25, 0.3) is 0 Å². The van der Waals surface area contributed by atoms with Crippen molar-refractivity contribution in [2.75, 3.05) is 19.6 Å². The third kappa shape index (κ3) is 2.97. The third-order valence-corrected chi connectivity index (χ3v) is 5.31. The predicted molar refractivity (Wildman–Crippen MR) is 75.7 cm³/mol. The first kappa shape index (κ1) is 13.9. The van der Waals surface area contributed by atoms with Crippen LogP contribution in [0.1, 0.15) is 38.5 Å². The molecule has 2 saturated carbocycles. The molecule has 1 aliphatic heterocycles. The van der Waals surface area contributed by atoms with Crippen molar-refractivity contribution in [2.45, 2.75) is 44.6 Å². The van der Waals surface area contributed by atoms with Crippen LogP contribution in [-0.4, -0.2) is 42.4 Å². The van der Waals surface area contributed by atoms with E-state index in [0.717, 1.165) is 38.3 Å². The maximum Gasteiger partial charge on any atom is 0.231 e. The Bertz CT molecular complexity index is 399. The molecule has 0 radical (unpaired) electrons. The lowest BCUT2D eigenvalue weighted by atomic mass is 9.88. The van der Waals surface area contributed by atoms with Gasteiger partial charge in [0.1, 0.15) is 0 Å². The Labute approximate surface area is 120 Å². The molecule has 0 aromatic carbocycles. The van der Waals surface area contributed by atoms with Gasteiger partial charge >= 0.3 is 0 Å². The molecule has 3 aliphatic rings. The summed E-state index contributed by atoms with van der Waals surface area (Å²) in [6.45, 7) is 1.97. The first-order valence-corrected chi connectivity index (χ1v) is 7.93. The maximum absolute atomic E-state index is 12.4. The van der Waals surface area contributed by atoms with Crippen LogP contribution in [0.3, 0.4) is 0 Å². The van der Waals surface area contributed by atoms with E-state index in [1.165, 1.54) is 19.3 Å². The first-order valence-electron chi connectivity index (χ1n) is 7.93. The Balaban J connectivity index is 1.49. The first-order chi connectivity index (χ1) is 9.61. The third-order valence-electron chi connectivity index (χ3n) is 5.31. The number of rotatable bonds is 4. The van der Waals surface area contributed by atoms with E-state index in [2.05, 4.69) is 10.2 Å². The summed E-state index contributed by atoms with van der Waals surface area (Å²) in [5.74, 6) is 1.65. The SMILES string of the molecule is NC(=O)CN1CCC[C@@H](NC(=O)[C@@H]2C[C@H]3CC[C@H]2C3)C1. The van der Waals surface area contributed by atoms with Crippen molar-refractivity contribution in [3.05, 3.63) is 0 Å². The van der Waals surface area contributed by atoms with Crippen LogP contribution in [0.25, 0.3) is 0 Å². The highest BCUT2D eigenvalue weighted by Gasteiger charge is 2.43. The van der Waals surface area contributed by atoms with E-state index in [-0.39, 0.29) is 23.8 Å². The number of amides is 2. The van der Waals surface area contributed by atoms with Crippen LogP contribution in [0.4, 0.5) is 0 Å². The monoisotopic (exact) mass is 279 g/mol. The summed E-state index contributed by atoms with van der Waals surface area (Å²) >= 11 is 0. The standard InChI is InChI=1S/C15H25N3O2/c16-14(19)9-18-5-1-2-12(8-18)17-15(20)13-7-10-3-4-11(13)6-10/h10-13H,1-9H2,(H2,16,19)(H,17,20)/t10-,11-,12+,13+/m0/s1. The number of hydrogen-bond donors (Lipinski definition) is 2. The van der Waals surface area contributed by atoms with Crippen molar-refractivity contribution in [2.24, 2.45) is 23.5 Å². The normalized spacial score (nSPS) is 37.0. The van der Waals surface area contributed by atoms with Crippen molar-refractivity contribution in [1.82, 2.24) is 10.2 Å². The number of piperidine rings is 1. The average molecular weight is 279 g/mol. The van der Waals surface area contributed by atoms with Crippen molar-refractivity contribution < 1.29 is 9.59 Å². The highest BCUT2D eigenvalue weighted by Crippen LogP contribution is 2.48. The molecule has 1 heterocycles. The Kier molecular flexibility index (Phi) is 3.96. The van der Waals surface area contributed by atoms with Gasteiger partial charge in [-0.3, -0.25) is 14.5 Å². The van der Waals surface area contributed by atoms with Crippen LogP contribution < -0.4 is 11.1 Å². The van der Waals surface area contributed by atoms with Gasteiger partial charge in [0.2, 0.25) is 11.8 Å². The van der Waals surface area contributed by atoms with E-state index < -0.39 is 0 Å². The number of fused-ring (bicyclic) bond motifs is 2. The van der Waals surface area contributed by atoms with E-state index in [9.17, 15) is 9.59 Å². The smallest absolute Gasteiger partial charge is 0.231 e. The van der Waals surface area contributed by atoms with Gasteiger partial charge in [-0.25, -0.2) is 0 Å². The number of nitrogens with one attached hydrogen (secondary N) is 1. The van der Waals surface area contributed by atoms with Gasteiger partial charge in [0.15, 0.2) is 0 Å². The number of likely N-dealkylation sites (tertiary alicyclic amines) is 1. The zero-order valence-corrected chi connectivity index (χ0v) is 12.0. The molecule has 20 heavy (non-hydrogen) atoms. The van der Waals surface area contributed by atoms with Crippen LogP contribution in [0, 0.1) is 17.8 Å². The second-order valence-corrected chi connectivity index (χ2v) is 6.83. The molecule has 4 atom stereocenters. The Morgan fingerprint density at radius 2 is 2.05 bits per heavy atom. The second kappa shape index (κ2) is 5.72. The Hall–Kier alpha value is -1.10. The fourth-order valence-corrected chi connectivity index (χ4v) is 4.41. The van der Waals surface area contributed by atoms with E-state index >= 15 is 0 Å². The van der Waals surface area contributed by atoms with E-state index in [4.69, 9.17) is 5.73 Å². The molecule has 0 aromatic rings. The number of nitrogens with zero attached hydrogens (tertiary/aromatic N) is 1. The summed E-state index contributed by atoms with van der Waals surface area (Å²) in [5.41, 5.74) is 5.24. The summed E-state index contributed by atoms with van der Waals surface area (Å²) in [6.07, 6.45) is 6.95. The minimum atomic E-state index is -0.287. The van der Waals surface area contributed by atoms with Crippen LogP contribution in [0.5, 0.6) is 0 Å². The van der Waals surface area contributed by atoms with Gasteiger partial charge in [-0.05, 0) is 50.5 Å². The highest BCUT2D eigenvalue weighted by molar-refractivity contribution is 5.80. The van der Waals surface area contributed by atoms with Crippen molar-refractivity contribution in [3.8, 4) is 0 Å². The van der Waals surface area contributed by atoms with Crippen LogP contribution in [0.2, 0.25) is 0 Å². The van der Waals surface area contributed by atoms with Crippen molar-refractivity contribution in [1.29, 1.82) is 0 Å².